The Hall–Kier alpha value is -5.43. The molecule has 0 saturated carbocycles. The number of hydrogen-bond donors (Lipinski definition) is 7. The van der Waals surface area contributed by atoms with Gasteiger partial charge in [-0.15, -0.1) is 6.42 Å². The quantitative estimate of drug-likeness (QED) is 0.0388. The monoisotopic (exact) mass is 915 g/mol. The number of hydrogen-bond acceptors (Lipinski definition) is 11. The molecule has 1 saturated heterocycles. The first-order valence-electron chi connectivity index (χ1n) is 21.5. The Morgan fingerprint density at radius 1 is 0.631 bits per heavy atom. The number of unbranched alkanes of at least 4 members (excludes halogenated alkanes) is 11. The molecule has 0 spiro atoms. The number of aliphatic hydroxyl groups is 6. The molecule has 7 N–H and O–H groups in total. The molecule has 2 unspecified atom stereocenters. The fourth-order valence-corrected chi connectivity index (χ4v) is 7.87. The minimum absolute atomic E-state index is 0.0516. The predicted octanol–water partition coefficient (Wildman–Crippen LogP) is 2.93. The first-order chi connectivity index (χ1) is 31.8. The Bertz CT molecular complexity index is 2210. The molecule has 1 fully saturated rings. The summed E-state index contributed by atoms with van der Waals surface area (Å²) in [6, 6.07) is -1.14. The van der Waals surface area contributed by atoms with Gasteiger partial charge in [0.15, 0.2) is 6.29 Å². The van der Waals surface area contributed by atoms with Gasteiger partial charge in [-0.25, -0.2) is 0 Å². The van der Waals surface area contributed by atoms with Gasteiger partial charge >= 0.3 is 0 Å². The van der Waals surface area contributed by atoms with Crippen molar-refractivity contribution in [3.63, 3.8) is 0 Å². The van der Waals surface area contributed by atoms with Crippen LogP contribution in [0.3, 0.4) is 0 Å². The lowest BCUT2D eigenvalue weighted by molar-refractivity contribution is -0.294. The molecule has 8 atom stereocenters. The van der Waals surface area contributed by atoms with Gasteiger partial charge in [0.05, 0.1) is 31.3 Å². The molecule has 1 aliphatic rings. The van der Waals surface area contributed by atoms with E-state index >= 15 is 0 Å². The number of aliphatic hydroxyl groups excluding tert-OH is 6. The third kappa shape index (κ3) is 31.2. The number of rotatable bonds is 26. The molecule has 0 aromatic heterocycles. The molecular formula is C53H57NO9S2. The summed E-state index contributed by atoms with van der Waals surface area (Å²) in [5, 5.41) is 65.5. The minimum atomic E-state index is -1.63. The maximum absolute atomic E-state index is 12.9. The number of ether oxygens (including phenoxy) is 2. The molecule has 1 heterocycles. The number of nitrogens with one attached hydrogen (secondary N) is 1. The standard InChI is InChI=1S/C53H57NO9S2/c1-3-5-7-9-11-13-15-17-18-19-20-21-22-23-24-25-26-27-29-31-33-35-37-40-48(57)54-45(49(58)46(56)39-36-34-32-30-28-16-14-12-10-8-6-4-2)43-62-53-52(61)51(60)50(59)47(63-53)44-65-64-42-38-41-55/h1,45-47,49-53,55-56,58-61H,4,6,8,10,12,14,16,28,30,32,34,36,38-44H2,2H3,(H,54,57)/t45-,46+,47?,49-,50-,51?,52-,53-/m0/s1. The molecule has 1 rings (SSSR count). The van der Waals surface area contributed by atoms with Gasteiger partial charge in [-0.1, -0.05) is 111 Å². The van der Waals surface area contributed by atoms with E-state index in [9.17, 15) is 30.3 Å². The maximum atomic E-state index is 12.9. The normalized spacial score (nSPS) is 17.4. The lowest BCUT2D eigenvalue weighted by Gasteiger charge is -2.40. The van der Waals surface area contributed by atoms with Gasteiger partial charge in [0.25, 0.3) is 0 Å². The summed E-state index contributed by atoms with van der Waals surface area (Å²) < 4.78 is 11.6. The average molecular weight is 916 g/mol. The second kappa shape index (κ2) is 41.3. The van der Waals surface area contributed by atoms with E-state index in [4.69, 9.17) is 21.0 Å². The van der Waals surface area contributed by atoms with Crippen LogP contribution < -0.4 is 5.32 Å². The van der Waals surface area contributed by atoms with Crippen LogP contribution in [0.4, 0.5) is 0 Å². The molecule has 0 aromatic rings. The Kier molecular flexibility index (Phi) is 36.6. The largest absolute Gasteiger partial charge is 0.396 e. The molecule has 12 heteroatoms. The fraction of sp³-hybridized carbons (Fsp3) is 0.528. The van der Waals surface area contributed by atoms with Gasteiger partial charge in [-0.3, -0.25) is 4.79 Å². The third-order valence-corrected chi connectivity index (χ3v) is 11.5. The molecular weight excluding hydrogens is 859 g/mol. The maximum Gasteiger partial charge on any atom is 0.232 e. The SMILES string of the molecule is C#CC#CC#CC#CC#CC#CC#CC#CC#CC#CC#CC#CCC(=O)N[C@@H](CO[C@H]1OC(CSSCCCO)[C@H](O)C(O)[C@@H]1O)[C@H](O)[C@H](O)CCCCCCCCCCCCCC. The molecule has 10 nitrogen and oxygen atoms in total. The molecule has 0 aromatic carbocycles. The lowest BCUT2D eigenvalue weighted by Crippen LogP contribution is -2.60. The number of amides is 1. The van der Waals surface area contributed by atoms with Gasteiger partial charge < -0.3 is 45.4 Å². The van der Waals surface area contributed by atoms with Crippen LogP contribution in [0.25, 0.3) is 0 Å². The minimum Gasteiger partial charge on any atom is -0.396 e. The molecule has 1 aliphatic heterocycles. The number of carbonyl (C=O) groups is 1. The van der Waals surface area contributed by atoms with E-state index in [1.54, 1.807) is 0 Å². The summed E-state index contributed by atoms with van der Waals surface area (Å²) >= 11 is 0. The molecule has 0 radical (unpaired) electrons. The van der Waals surface area contributed by atoms with Crippen molar-refractivity contribution in [2.45, 2.75) is 152 Å². The van der Waals surface area contributed by atoms with Crippen LogP contribution in [0.15, 0.2) is 0 Å². The molecule has 1 amide bonds. The van der Waals surface area contributed by atoms with Crippen LogP contribution >= 0.6 is 21.6 Å². The highest BCUT2D eigenvalue weighted by molar-refractivity contribution is 8.76. The average Bonchev–Trinajstić information content (AvgIpc) is 3.30. The predicted molar refractivity (Wildman–Crippen MR) is 258 cm³/mol. The zero-order valence-electron chi connectivity index (χ0n) is 36.9. The summed E-state index contributed by atoms with van der Waals surface area (Å²) in [5.74, 6) is 57.0. The van der Waals surface area contributed by atoms with Crippen molar-refractivity contribution in [2.24, 2.45) is 0 Å². The van der Waals surface area contributed by atoms with Crippen LogP contribution in [0.1, 0.15) is 103 Å². The van der Waals surface area contributed by atoms with Crippen molar-refractivity contribution in [2.75, 3.05) is 24.7 Å². The van der Waals surface area contributed by atoms with Gasteiger partial charge in [0.2, 0.25) is 5.91 Å². The highest BCUT2D eigenvalue weighted by atomic mass is 33.1. The van der Waals surface area contributed by atoms with E-state index in [2.05, 4.69) is 148 Å². The highest BCUT2D eigenvalue weighted by Gasteiger charge is 2.44. The number of terminal acetylenes is 1. The smallest absolute Gasteiger partial charge is 0.232 e. The van der Waals surface area contributed by atoms with Crippen molar-refractivity contribution in [1.82, 2.24) is 5.32 Å². The highest BCUT2D eigenvalue weighted by Crippen LogP contribution is 2.30. The first kappa shape index (κ1) is 57.6. The van der Waals surface area contributed by atoms with Crippen LogP contribution in [-0.2, 0) is 14.3 Å². The van der Waals surface area contributed by atoms with E-state index in [0.717, 1.165) is 19.3 Å². The van der Waals surface area contributed by atoms with Crippen LogP contribution in [-0.4, -0.2) is 110 Å². The van der Waals surface area contributed by atoms with Crippen LogP contribution in [0.5, 0.6) is 0 Å². The van der Waals surface area contributed by atoms with Crippen LogP contribution in [0, 0.1) is 143 Å². The first-order valence-corrected chi connectivity index (χ1v) is 24.0. The summed E-state index contributed by atoms with van der Waals surface area (Å²) in [4.78, 5) is 12.9. The number of carbonyl (C=O) groups excluding carboxylic acids is 1. The molecule has 65 heavy (non-hydrogen) atoms. The summed E-state index contributed by atoms with van der Waals surface area (Å²) in [7, 11) is 2.84. The molecule has 0 bridgehead atoms. The van der Waals surface area contributed by atoms with Gasteiger partial charge in [0.1, 0.15) is 24.4 Å². The topological polar surface area (TPSA) is 169 Å². The zero-order valence-corrected chi connectivity index (χ0v) is 38.5. The summed E-state index contributed by atoms with van der Waals surface area (Å²) in [5.41, 5.74) is 0. The Balaban J connectivity index is 2.80. The second-order valence-electron chi connectivity index (χ2n) is 14.1. The van der Waals surface area contributed by atoms with Gasteiger partial charge in [-0.05, 0) is 108 Å². The van der Waals surface area contributed by atoms with E-state index in [-0.39, 0.29) is 18.8 Å². The summed E-state index contributed by atoms with van der Waals surface area (Å²) in [6.45, 7) is 1.87. The van der Waals surface area contributed by atoms with E-state index in [1.165, 1.54) is 73.0 Å². The van der Waals surface area contributed by atoms with Crippen molar-refractivity contribution in [1.29, 1.82) is 0 Å². The second-order valence-corrected chi connectivity index (χ2v) is 16.7. The van der Waals surface area contributed by atoms with Gasteiger partial charge in [0, 0.05) is 53.6 Å². The van der Waals surface area contributed by atoms with E-state index in [1.807, 2.05) is 0 Å². The Morgan fingerprint density at radius 2 is 1.09 bits per heavy atom. The van der Waals surface area contributed by atoms with E-state index in [0.29, 0.717) is 25.0 Å². The molecule has 340 valence electrons. The third-order valence-electron chi connectivity index (χ3n) is 8.98. The Morgan fingerprint density at radius 3 is 1.57 bits per heavy atom. The lowest BCUT2D eigenvalue weighted by atomic mass is 9.98. The Labute approximate surface area is 395 Å². The molecule has 0 aliphatic carbocycles. The van der Waals surface area contributed by atoms with E-state index < -0.39 is 61.5 Å². The van der Waals surface area contributed by atoms with Crippen molar-refractivity contribution in [3.8, 4) is 143 Å². The van der Waals surface area contributed by atoms with Crippen molar-refractivity contribution >= 4 is 27.5 Å². The van der Waals surface area contributed by atoms with Crippen molar-refractivity contribution < 1.29 is 44.9 Å². The van der Waals surface area contributed by atoms with Crippen molar-refractivity contribution in [3.05, 3.63) is 0 Å². The van der Waals surface area contributed by atoms with Gasteiger partial charge in [-0.2, -0.15) is 0 Å². The van der Waals surface area contributed by atoms with Crippen LogP contribution in [0.2, 0.25) is 0 Å². The fourth-order valence-electron chi connectivity index (χ4n) is 5.60. The zero-order chi connectivity index (χ0) is 47.4. The summed E-state index contributed by atoms with van der Waals surface area (Å²) in [6.07, 6.45) is 9.81.